The first-order valence-corrected chi connectivity index (χ1v) is 4.78. The van der Waals surface area contributed by atoms with Gasteiger partial charge in [-0.25, -0.2) is 0 Å². The van der Waals surface area contributed by atoms with Crippen LogP contribution in [0.3, 0.4) is 0 Å². The van der Waals surface area contributed by atoms with Gasteiger partial charge in [0.15, 0.2) is 0 Å². The van der Waals surface area contributed by atoms with Crippen molar-refractivity contribution in [2.24, 2.45) is 0 Å². The minimum atomic E-state index is -0.955. The number of carbonyl (C=O) groups is 1. The summed E-state index contributed by atoms with van der Waals surface area (Å²) in [5.74, 6) is -0.244. The average molecular weight is 218 g/mol. The van der Waals surface area contributed by atoms with Crippen LogP contribution in [0.1, 0.15) is 12.5 Å². The minimum Gasteiger partial charge on any atom is -0.325 e. The Bertz CT molecular complexity index is 496. The highest BCUT2D eigenvalue weighted by atomic mass is 16.6. The molecule has 0 fully saturated rings. The molecule has 1 N–H and O–H groups in total. The topological polar surface area (TPSA) is 72.2 Å². The van der Waals surface area contributed by atoms with Gasteiger partial charge in [-0.15, -0.1) is 0 Å². The van der Waals surface area contributed by atoms with Crippen molar-refractivity contribution >= 4 is 11.6 Å². The smallest absolute Gasteiger partial charge is 0.238 e. The molecule has 1 heterocycles. The number of nitrogens with zero attached hydrogens (tertiary/aromatic N) is 1. The maximum Gasteiger partial charge on any atom is 0.238 e. The van der Waals surface area contributed by atoms with Crippen molar-refractivity contribution in [2.45, 2.75) is 12.3 Å². The quantitative estimate of drug-likeness (QED) is 0.606. The molecule has 0 saturated carbocycles. The van der Waals surface area contributed by atoms with Gasteiger partial charge in [-0.1, -0.05) is 18.2 Å². The maximum atomic E-state index is 11.8. The van der Waals surface area contributed by atoms with Gasteiger partial charge in [0.2, 0.25) is 12.1 Å². The summed E-state index contributed by atoms with van der Waals surface area (Å²) in [6.45, 7) is 1.66. The molecule has 5 heteroatoms. The summed E-state index contributed by atoms with van der Waals surface area (Å²) < 4.78 is 0. The first-order chi connectivity index (χ1) is 7.54. The Morgan fingerprint density at radius 1 is 1.44 bits per heavy atom. The first kappa shape index (κ1) is 10.4. The van der Waals surface area contributed by atoms with E-state index in [4.69, 9.17) is 0 Å². The Morgan fingerprint density at radius 3 is 2.81 bits per heavy atom. The zero-order valence-electron chi connectivity index (χ0n) is 8.64. The minimum absolute atomic E-state index is 0.244. The summed E-state index contributed by atoms with van der Waals surface area (Å²) in [6.07, 6.45) is 2.12. The summed E-state index contributed by atoms with van der Waals surface area (Å²) >= 11 is 0. The number of hydrogen-bond acceptors (Lipinski definition) is 3. The van der Waals surface area contributed by atoms with E-state index in [-0.39, 0.29) is 5.91 Å². The molecule has 1 aliphatic rings. The maximum absolute atomic E-state index is 11.8. The van der Waals surface area contributed by atoms with Gasteiger partial charge in [-0.2, -0.15) is 0 Å². The largest absolute Gasteiger partial charge is 0.325 e. The second kappa shape index (κ2) is 3.44. The van der Waals surface area contributed by atoms with Crippen molar-refractivity contribution in [2.75, 3.05) is 5.32 Å². The molecule has 0 spiro atoms. The number of rotatable bonds is 2. The van der Waals surface area contributed by atoms with Crippen LogP contribution in [0.2, 0.25) is 0 Å². The number of anilines is 1. The van der Waals surface area contributed by atoms with E-state index in [1.807, 2.05) is 6.07 Å². The molecule has 16 heavy (non-hydrogen) atoms. The molecule has 1 unspecified atom stereocenters. The van der Waals surface area contributed by atoms with Crippen LogP contribution in [-0.2, 0) is 10.2 Å². The van der Waals surface area contributed by atoms with Gasteiger partial charge in [0, 0.05) is 11.8 Å². The van der Waals surface area contributed by atoms with Crippen LogP contribution in [0.5, 0.6) is 0 Å². The van der Waals surface area contributed by atoms with E-state index in [0.717, 1.165) is 11.8 Å². The lowest BCUT2D eigenvalue weighted by Gasteiger charge is -2.15. The highest BCUT2D eigenvalue weighted by Gasteiger charge is 2.41. The lowest BCUT2D eigenvalue weighted by atomic mass is 9.84. The van der Waals surface area contributed by atoms with Crippen molar-refractivity contribution in [3.05, 3.63) is 52.2 Å². The SMILES string of the molecule is CC1(/C=C/[N+](=O)[O-])C(=O)Nc2ccccc21. The Labute approximate surface area is 91.9 Å². The van der Waals surface area contributed by atoms with Crippen LogP contribution >= 0.6 is 0 Å². The molecular formula is C11H10N2O3. The molecule has 1 aromatic carbocycles. The van der Waals surface area contributed by atoms with E-state index >= 15 is 0 Å². The highest BCUT2D eigenvalue weighted by molar-refractivity contribution is 6.07. The molecular weight excluding hydrogens is 208 g/mol. The van der Waals surface area contributed by atoms with Gasteiger partial charge in [0.1, 0.15) is 0 Å². The van der Waals surface area contributed by atoms with Crippen LogP contribution in [0.15, 0.2) is 36.5 Å². The van der Waals surface area contributed by atoms with Gasteiger partial charge in [0.25, 0.3) is 0 Å². The van der Waals surface area contributed by atoms with E-state index in [1.165, 1.54) is 6.08 Å². The summed E-state index contributed by atoms with van der Waals surface area (Å²) in [6, 6.07) is 7.18. The molecule has 0 radical (unpaired) electrons. The normalized spacial score (nSPS) is 23.2. The van der Waals surface area contributed by atoms with Gasteiger partial charge in [-0.05, 0) is 18.6 Å². The molecule has 1 aliphatic heterocycles. The molecule has 0 bridgehead atoms. The zero-order valence-corrected chi connectivity index (χ0v) is 8.64. The van der Waals surface area contributed by atoms with E-state index < -0.39 is 10.3 Å². The monoisotopic (exact) mass is 218 g/mol. The molecule has 1 atom stereocenters. The van der Waals surface area contributed by atoms with Crippen LogP contribution in [-0.4, -0.2) is 10.8 Å². The van der Waals surface area contributed by atoms with E-state index in [0.29, 0.717) is 5.69 Å². The third-order valence-electron chi connectivity index (χ3n) is 2.74. The summed E-state index contributed by atoms with van der Waals surface area (Å²) in [4.78, 5) is 21.5. The molecule has 5 nitrogen and oxygen atoms in total. The Balaban J connectivity index is 2.48. The molecule has 2 rings (SSSR count). The van der Waals surface area contributed by atoms with E-state index in [9.17, 15) is 14.9 Å². The third-order valence-corrected chi connectivity index (χ3v) is 2.74. The predicted octanol–water partition coefficient (Wildman–Crippen LogP) is 1.69. The molecule has 0 saturated heterocycles. The second-order valence-corrected chi connectivity index (χ2v) is 3.80. The lowest BCUT2D eigenvalue weighted by molar-refractivity contribution is -0.402. The Kier molecular flexibility index (Phi) is 2.23. The van der Waals surface area contributed by atoms with Crippen molar-refractivity contribution < 1.29 is 9.72 Å². The number of nitro groups is 1. The van der Waals surface area contributed by atoms with Gasteiger partial charge < -0.3 is 5.32 Å². The predicted molar refractivity (Wildman–Crippen MR) is 58.6 cm³/mol. The fourth-order valence-corrected chi connectivity index (χ4v) is 1.79. The van der Waals surface area contributed by atoms with Crippen molar-refractivity contribution in [1.29, 1.82) is 0 Å². The van der Waals surface area contributed by atoms with Gasteiger partial charge in [0.05, 0.1) is 10.3 Å². The average Bonchev–Trinajstić information content (AvgIpc) is 2.50. The third kappa shape index (κ3) is 1.46. The molecule has 0 aliphatic carbocycles. The number of hydrogen-bond donors (Lipinski definition) is 1. The zero-order chi connectivity index (χ0) is 11.8. The number of benzene rings is 1. The standard InChI is InChI=1S/C11H10N2O3/c1-11(6-7-13(15)16)8-4-2-3-5-9(8)12-10(11)14/h2-7H,1H3,(H,12,14)/b7-6+. The number of para-hydroxylation sites is 1. The van der Waals surface area contributed by atoms with Crippen molar-refractivity contribution in [3.63, 3.8) is 0 Å². The molecule has 1 aromatic rings. The fraction of sp³-hybridized carbons (Fsp3) is 0.182. The van der Waals surface area contributed by atoms with Crippen LogP contribution in [0.4, 0.5) is 5.69 Å². The molecule has 1 amide bonds. The number of amides is 1. The van der Waals surface area contributed by atoms with Crippen LogP contribution in [0.25, 0.3) is 0 Å². The first-order valence-electron chi connectivity index (χ1n) is 4.78. The second-order valence-electron chi connectivity index (χ2n) is 3.80. The van der Waals surface area contributed by atoms with E-state index in [1.54, 1.807) is 25.1 Å². The van der Waals surface area contributed by atoms with E-state index in [2.05, 4.69) is 5.32 Å². The summed E-state index contributed by atoms with van der Waals surface area (Å²) in [7, 11) is 0. The fourth-order valence-electron chi connectivity index (χ4n) is 1.79. The Morgan fingerprint density at radius 2 is 2.12 bits per heavy atom. The summed E-state index contributed by atoms with van der Waals surface area (Å²) in [5.41, 5.74) is 0.519. The number of carbonyl (C=O) groups excluding carboxylic acids is 1. The van der Waals surface area contributed by atoms with Crippen molar-refractivity contribution in [1.82, 2.24) is 0 Å². The molecule has 82 valence electrons. The van der Waals surface area contributed by atoms with Gasteiger partial charge in [-0.3, -0.25) is 14.9 Å². The lowest BCUT2D eigenvalue weighted by Crippen LogP contribution is -2.28. The number of fused-ring (bicyclic) bond motifs is 1. The highest BCUT2D eigenvalue weighted by Crippen LogP contribution is 2.38. The van der Waals surface area contributed by atoms with Crippen LogP contribution in [0, 0.1) is 10.1 Å². The number of nitrogens with one attached hydrogen (secondary N) is 1. The Hall–Kier alpha value is -2.17. The van der Waals surface area contributed by atoms with Crippen molar-refractivity contribution in [3.8, 4) is 0 Å². The van der Waals surface area contributed by atoms with Gasteiger partial charge >= 0.3 is 0 Å². The molecule has 0 aromatic heterocycles. The van der Waals surface area contributed by atoms with Crippen LogP contribution < -0.4 is 5.32 Å². The summed E-state index contributed by atoms with van der Waals surface area (Å²) in [5, 5.41) is 13.0.